The molecule has 2 bridgehead atoms. The predicted octanol–water partition coefficient (Wildman–Crippen LogP) is 4.21. The zero-order valence-corrected chi connectivity index (χ0v) is 14.4. The molecule has 4 nitrogen and oxygen atoms in total. The van der Waals surface area contributed by atoms with Gasteiger partial charge in [-0.1, -0.05) is 36.7 Å². The second-order valence-corrected chi connectivity index (χ2v) is 7.32. The monoisotopic (exact) mass is 337 g/mol. The second kappa shape index (κ2) is 5.99. The Bertz CT molecular complexity index is 604. The van der Waals surface area contributed by atoms with Gasteiger partial charge in [-0.2, -0.15) is 0 Å². The van der Waals surface area contributed by atoms with Crippen LogP contribution < -0.4 is 5.32 Å². The van der Waals surface area contributed by atoms with Crippen molar-refractivity contribution in [3.8, 4) is 0 Å². The zero-order valence-electron chi connectivity index (χ0n) is 13.6. The van der Waals surface area contributed by atoms with Crippen molar-refractivity contribution in [3.63, 3.8) is 0 Å². The van der Waals surface area contributed by atoms with E-state index in [0.29, 0.717) is 5.92 Å². The van der Waals surface area contributed by atoms with Gasteiger partial charge in [-0.05, 0) is 49.7 Å². The molecule has 2 unspecified atom stereocenters. The van der Waals surface area contributed by atoms with E-state index in [0.717, 1.165) is 42.7 Å². The SMILES string of the molecule is CCC(OC)[C@@]1(NC(=O)O)CC2CC[C@]1(c1ccccc1Cl)C2. The molecule has 0 radical (unpaired) electrons. The highest BCUT2D eigenvalue weighted by atomic mass is 35.5. The smallest absolute Gasteiger partial charge is 0.405 e. The van der Waals surface area contributed by atoms with E-state index in [9.17, 15) is 9.90 Å². The number of carboxylic acid groups (broad SMARTS) is 1. The molecule has 2 aliphatic carbocycles. The molecule has 2 aliphatic rings. The van der Waals surface area contributed by atoms with E-state index >= 15 is 0 Å². The maximum atomic E-state index is 11.6. The molecule has 0 saturated heterocycles. The molecule has 1 aromatic carbocycles. The minimum atomic E-state index is -0.987. The average molecular weight is 338 g/mol. The van der Waals surface area contributed by atoms with Crippen LogP contribution in [0.1, 0.15) is 44.6 Å². The number of ether oxygens (including phenoxy) is 1. The van der Waals surface area contributed by atoms with Crippen LogP contribution in [0.25, 0.3) is 0 Å². The molecule has 2 N–H and O–H groups in total. The van der Waals surface area contributed by atoms with Crippen molar-refractivity contribution in [2.24, 2.45) is 5.92 Å². The van der Waals surface area contributed by atoms with Crippen LogP contribution in [0.2, 0.25) is 5.02 Å². The first-order chi connectivity index (χ1) is 11.0. The van der Waals surface area contributed by atoms with Crippen LogP contribution in [-0.4, -0.2) is 30.0 Å². The first kappa shape index (κ1) is 16.6. The summed E-state index contributed by atoms with van der Waals surface area (Å²) in [6, 6.07) is 7.86. The molecule has 0 aromatic heterocycles. The minimum absolute atomic E-state index is 0.167. The number of benzene rings is 1. The quantitative estimate of drug-likeness (QED) is 0.846. The first-order valence-electron chi connectivity index (χ1n) is 8.28. The summed E-state index contributed by atoms with van der Waals surface area (Å²) < 4.78 is 5.76. The van der Waals surface area contributed by atoms with Gasteiger partial charge in [-0.3, -0.25) is 0 Å². The standard InChI is InChI=1S/C18H24ClNO3/c1-3-15(23-2)18(20-16(21)22)11-12-8-9-17(18,10-12)13-6-4-5-7-14(13)19/h4-7,12,15,20H,3,8-11H2,1-2H3,(H,21,22)/t12?,15?,17-,18+/m1/s1. The van der Waals surface area contributed by atoms with E-state index in [2.05, 4.69) is 11.4 Å². The maximum Gasteiger partial charge on any atom is 0.405 e. The summed E-state index contributed by atoms with van der Waals surface area (Å²) in [5.41, 5.74) is 0.160. The Morgan fingerprint density at radius 2 is 2.22 bits per heavy atom. The fraction of sp³-hybridized carbons (Fsp3) is 0.611. The number of halogens is 1. The fourth-order valence-electron chi connectivity index (χ4n) is 5.31. The molecule has 3 rings (SSSR count). The van der Waals surface area contributed by atoms with E-state index in [1.165, 1.54) is 0 Å². The number of hydrogen-bond donors (Lipinski definition) is 2. The summed E-state index contributed by atoms with van der Waals surface area (Å²) in [5, 5.41) is 13.1. The summed E-state index contributed by atoms with van der Waals surface area (Å²) in [4.78, 5) is 11.6. The average Bonchev–Trinajstić information content (AvgIpc) is 3.05. The van der Waals surface area contributed by atoms with E-state index in [1.54, 1.807) is 7.11 Å². The van der Waals surface area contributed by atoms with Gasteiger partial charge in [0.25, 0.3) is 0 Å². The van der Waals surface area contributed by atoms with Gasteiger partial charge in [0.15, 0.2) is 0 Å². The minimum Gasteiger partial charge on any atom is -0.465 e. The van der Waals surface area contributed by atoms with Gasteiger partial charge in [0.1, 0.15) is 0 Å². The van der Waals surface area contributed by atoms with Gasteiger partial charge >= 0.3 is 6.09 Å². The van der Waals surface area contributed by atoms with Crippen molar-refractivity contribution in [2.75, 3.05) is 7.11 Å². The van der Waals surface area contributed by atoms with Crippen molar-refractivity contribution >= 4 is 17.7 Å². The van der Waals surface area contributed by atoms with E-state index in [4.69, 9.17) is 16.3 Å². The summed E-state index contributed by atoms with van der Waals surface area (Å²) in [7, 11) is 1.67. The third kappa shape index (κ3) is 2.34. The highest BCUT2D eigenvalue weighted by molar-refractivity contribution is 6.31. The summed E-state index contributed by atoms with van der Waals surface area (Å²) >= 11 is 6.53. The van der Waals surface area contributed by atoms with Crippen molar-refractivity contribution < 1.29 is 14.6 Å². The van der Waals surface area contributed by atoms with Crippen LogP contribution in [0.4, 0.5) is 4.79 Å². The van der Waals surface area contributed by atoms with E-state index in [1.807, 2.05) is 25.1 Å². The molecule has 0 aliphatic heterocycles. The van der Waals surface area contributed by atoms with Gasteiger partial charge in [-0.25, -0.2) is 4.79 Å². The van der Waals surface area contributed by atoms with Crippen molar-refractivity contribution in [1.82, 2.24) is 5.32 Å². The molecule has 2 saturated carbocycles. The van der Waals surface area contributed by atoms with Gasteiger partial charge in [0.05, 0.1) is 11.6 Å². The van der Waals surface area contributed by atoms with Crippen molar-refractivity contribution in [3.05, 3.63) is 34.9 Å². The highest BCUT2D eigenvalue weighted by Gasteiger charge is 2.66. The lowest BCUT2D eigenvalue weighted by molar-refractivity contribution is -0.0233. The van der Waals surface area contributed by atoms with Crippen LogP contribution in [0.3, 0.4) is 0 Å². The third-order valence-corrected chi connectivity index (χ3v) is 6.34. The lowest BCUT2D eigenvalue weighted by Gasteiger charge is -2.51. The number of nitrogens with one attached hydrogen (secondary N) is 1. The lowest BCUT2D eigenvalue weighted by atomic mass is 9.61. The number of hydrogen-bond acceptors (Lipinski definition) is 2. The number of rotatable bonds is 5. The Kier molecular flexibility index (Phi) is 4.32. The fourth-order valence-corrected chi connectivity index (χ4v) is 5.63. The Labute approximate surface area is 142 Å². The van der Waals surface area contributed by atoms with Gasteiger partial charge < -0.3 is 15.2 Å². The summed E-state index contributed by atoms with van der Waals surface area (Å²) in [5.74, 6) is 0.516. The van der Waals surface area contributed by atoms with Crippen molar-refractivity contribution in [1.29, 1.82) is 0 Å². The maximum absolute atomic E-state index is 11.6. The van der Waals surface area contributed by atoms with Gasteiger partial charge in [0.2, 0.25) is 0 Å². The van der Waals surface area contributed by atoms with Crippen LogP contribution >= 0.6 is 11.6 Å². The molecular weight excluding hydrogens is 314 g/mol. The Morgan fingerprint density at radius 3 is 2.78 bits per heavy atom. The normalized spacial score (nSPS) is 33.6. The molecule has 2 fully saturated rings. The molecular formula is C18H24ClNO3. The van der Waals surface area contributed by atoms with Gasteiger partial charge in [-0.15, -0.1) is 0 Å². The Balaban J connectivity index is 2.18. The summed E-state index contributed by atoms with van der Waals surface area (Å²) in [6.45, 7) is 2.05. The predicted molar refractivity (Wildman–Crippen MR) is 90.1 cm³/mol. The van der Waals surface area contributed by atoms with Crippen LogP contribution in [-0.2, 0) is 10.2 Å². The number of methoxy groups -OCH3 is 1. The molecule has 126 valence electrons. The van der Waals surface area contributed by atoms with Crippen LogP contribution in [0.5, 0.6) is 0 Å². The zero-order chi connectivity index (χ0) is 16.7. The Morgan fingerprint density at radius 1 is 1.48 bits per heavy atom. The van der Waals surface area contributed by atoms with Crippen molar-refractivity contribution in [2.45, 2.75) is 56.1 Å². The molecule has 23 heavy (non-hydrogen) atoms. The highest BCUT2D eigenvalue weighted by Crippen LogP contribution is 2.63. The first-order valence-corrected chi connectivity index (χ1v) is 8.66. The lowest BCUT2D eigenvalue weighted by Crippen LogP contribution is -2.66. The number of fused-ring (bicyclic) bond motifs is 2. The topological polar surface area (TPSA) is 58.6 Å². The van der Waals surface area contributed by atoms with E-state index in [-0.39, 0.29) is 11.5 Å². The van der Waals surface area contributed by atoms with Crippen LogP contribution in [0.15, 0.2) is 24.3 Å². The molecule has 5 heteroatoms. The second-order valence-electron chi connectivity index (χ2n) is 6.91. The van der Waals surface area contributed by atoms with Gasteiger partial charge in [0, 0.05) is 17.5 Å². The molecule has 0 heterocycles. The van der Waals surface area contributed by atoms with E-state index < -0.39 is 11.6 Å². The number of carbonyl (C=O) groups is 1. The molecule has 0 spiro atoms. The Hall–Kier alpha value is -1.26. The van der Waals surface area contributed by atoms with Crippen LogP contribution in [0, 0.1) is 5.92 Å². The summed E-state index contributed by atoms with van der Waals surface area (Å²) in [6.07, 6.45) is 3.46. The molecule has 1 amide bonds. The number of amides is 1. The largest absolute Gasteiger partial charge is 0.465 e. The molecule has 1 aromatic rings. The third-order valence-electron chi connectivity index (χ3n) is 6.01. The molecule has 4 atom stereocenters.